The molecule has 0 aliphatic heterocycles. The summed E-state index contributed by atoms with van der Waals surface area (Å²) in [6, 6.07) is 2.22. The molecule has 0 aliphatic rings. The zero-order valence-electron chi connectivity index (χ0n) is 6.67. The maximum absolute atomic E-state index is 12.9. The number of carboxylic acids is 1. The molecule has 70 valence electrons. The molecule has 0 saturated carbocycles. The first-order valence-electron chi connectivity index (χ1n) is 3.33. The molecule has 0 aromatic heterocycles. The van der Waals surface area contributed by atoms with Crippen molar-refractivity contribution in [3.8, 4) is 5.75 Å². The Labute approximate surface area is 78.7 Å². The van der Waals surface area contributed by atoms with Crippen LogP contribution in [0.3, 0.4) is 0 Å². The summed E-state index contributed by atoms with van der Waals surface area (Å²) in [5.74, 6) is -2.41. The van der Waals surface area contributed by atoms with Crippen molar-refractivity contribution in [1.82, 2.24) is 0 Å². The summed E-state index contributed by atoms with van der Waals surface area (Å²) in [5.41, 5.74) is -0.357. The SMILES string of the molecule is COc1c(F)ccc(Cl)c1C(=O)O. The summed E-state index contributed by atoms with van der Waals surface area (Å²) in [7, 11) is 1.18. The van der Waals surface area contributed by atoms with Gasteiger partial charge >= 0.3 is 5.97 Å². The number of carboxylic acid groups (broad SMARTS) is 1. The maximum atomic E-state index is 12.9. The zero-order chi connectivity index (χ0) is 10.0. The molecule has 1 N–H and O–H groups in total. The third-order valence-electron chi connectivity index (χ3n) is 1.48. The standard InChI is InChI=1S/C8H6ClFO3/c1-13-7-5(10)3-2-4(9)6(7)8(11)12/h2-3H,1H3,(H,11,12). The van der Waals surface area contributed by atoms with E-state index in [1.165, 1.54) is 13.2 Å². The molecule has 0 amide bonds. The van der Waals surface area contributed by atoms with Crippen molar-refractivity contribution in [3.05, 3.63) is 28.5 Å². The van der Waals surface area contributed by atoms with Gasteiger partial charge in [0.2, 0.25) is 0 Å². The fraction of sp³-hybridized carbons (Fsp3) is 0.125. The molecule has 1 aromatic carbocycles. The van der Waals surface area contributed by atoms with Crippen molar-refractivity contribution < 1.29 is 19.0 Å². The molecule has 0 fully saturated rings. The lowest BCUT2D eigenvalue weighted by molar-refractivity contribution is 0.0692. The Balaban J connectivity index is 3.43. The predicted molar refractivity (Wildman–Crippen MR) is 44.9 cm³/mol. The van der Waals surface area contributed by atoms with E-state index in [0.29, 0.717) is 0 Å². The maximum Gasteiger partial charge on any atom is 0.341 e. The minimum atomic E-state index is -1.32. The van der Waals surface area contributed by atoms with Crippen molar-refractivity contribution in [1.29, 1.82) is 0 Å². The van der Waals surface area contributed by atoms with Gasteiger partial charge in [-0.25, -0.2) is 9.18 Å². The Morgan fingerprint density at radius 3 is 2.62 bits per heavy atom. The first-order chi connectivity index (χ1) is 6.07. The van der Waals surface area contributed by atoms with Gasteiger partial charge in [0.05, 0.1) is 12.1 Å². The Hall–Kier alpha value is -1.29. The highest BCUT2D eigenvalue weighted by Crippen LogP contribution is 2.28. The molecule has 1 aromatic rings. The van der Waals surface area contributed by atoms with E-state index in [1.807, 2.05) is 0 Å². The second kappa shape index (κ2) is 3.62. The number of benzene rings is 1. The van der Waals surface area contributed by atoms with Crippen molar-refractivity contribution in [2.75, 3.05) is 7.11 Å². The molecular formula is C8H6ClFO3. The monoisotopic (exact) mass is 204 g/mol. The molecule has 0 saturated heterocycles. The molecule has 0 radical (unpaired) electrons. The highest BCUT2D eigenvalue weighted by Gasteiger charge is 2.18. The minimum absolute atomic E-state index is 0.0502. The van der Waals surface area contributed by atoms with Gasteiger partial charge < -0.3 is 9.84 Å². The molecule has 13 heavy (non-hydrogen) atoms. The fourth-order valence-corrected chi connectivity index (χ4v) is 1.16. The lowest BCUT2D eigenvalue weighted by atomic mass is 10.2. The van der Waals surface area contributed by atoms with Gasteiger partial charge in [-0.2, -0.15) is 0 Å². The molecule has 0 unspecified atom stereocenters. The van der Waals surface area contributed by atoms with Crippen LogP contribution in [0, 0.1) is 5.82 Å². The highest BCUT2D eigenvalue weighted by atomic mass is 35.5. The second-order valence-corrected chi connectivity index (χ2v) is 2.65. The van der Waals surface area contributed by atoms with Crippen LogP contribution >= 0.6 is 11.6 Å². The molecule has 0 spiro atoms. The van der Waals surface area contributed by atoms with E-state index in [-0.39, 0.29) is 16.3 Å². The number of carbonyl (C=O) groups is 1. The largest absolute Gasteiger partial charge is 0.493 e. The Kier molecular flexibility index (Phi) is 2.72. The number of rotatable bonds is 2. The minimum Gasteiger partial charge on any atom is -0.493 e. The molecule has 5 heteroatoms. The first-order valence-corrected chi connectivity index (χ1v) is 3.71. The third-order valence-corrected chi connectivity index (χ3v) is 1.79. The second-order valence-electron chi connectivity index (χ2n) is 2.24. The van der Waals surface area contributed by atoms with E-state index in [0.717, 1.165) is 6.07 Å². The number of ether oxygens (including phenoxy) is 1. The molecule has 0 atom stereocenters. The van der Waals surface area contributed by atoms with Crippen LogP contribution in [0.2, 0.25) is 5.02 Å². The average molecular weight is 205 g/mol. The van der Waals surface area contributed by atoms with Crippen LogP contribution in [0.25, 0.3) is 0 Å². The lowest BCUT2D eigenvalue weighted by Gasteiger charge is -2.06. The van der Waals surface area contributed by atoms with E-state index in [9.17, 15) is 9.18 Å². The van der Waals surface area contributed by atoms with Crippen LogP contribution in [0.15, 0.2) is 12.1 Å². The van der Waals surface area contributed by atoms with Crippen LogP contribution in [0.5, 0.6) is 5.75 Å². The van der Waals surface area contributed by atoms with Gasteiger partial charge in [-0.05, 0) is 12.1 Å². The Morgan fingerprint density at radius 1 is 1.62 bits per heavy atom. The summed E-state index contributed by atoms with van der Waals surface area (Å²) in [6.45, 7) is 0. The Bertz CT molecular complexity index is 351. The van der Waals surface area contributed by atoms with E-state index < -0.39 is 11.8 Å². The van der Waals surface area contributed by atoms with Gasteiger partial charge in [0.1, 0.15) is 5.56 Å². The first kappa shape index (κ1) is 9.80. The van der Waals surface area contributed by atoms with Gasteiger partial charge in [0.25, 0.3) is 0 Å². The van der Waals surface area contributed by atoms with E-state index in [4.69, 9.17) is 16.7 Å². The van der Waals surface area contributed by atoms with Crippen molar-refractivity contribution in [2.24, 2.45) is 0 Å². The van der Waals surface area contributed by atoms with E-state index >= 15 is 0 Å². The summed E-state index contributed by atoms with van der Waals surface area (Å²) in [4.78, 5) is 10.6. The fourth-order valence-electron chi connectivity index (χ4n) is 0.932. The van der Waals surface area contributed by atoms with Crippen LogP contribution in [0.1, 0.15) is 10.4 Å². The molecule has 0 heterocycles. The quantitative estimate of drug-likeness (QED) is 0.803. The highest BCUT2D eigenvalue weighted by molar-refractivity contribution is 6.33. The average Bonchev–Trinajstić information content (AvgIpc) is 2.07. The number of halogens is 2. The van der Waals surface area contributed by atoms with Gasteiger partial charge in [0.15, 0.2) is 11.6 Å². The van der Waals surface area contributed by atoms with Crippen molar-refractivity contribution >= 4 is 17.6 Å². The van der Waals surface area contributed by atoms with E-state index in [2.05, 4.69) is 4.74 Å². The number of aromatic carboxylic acids is 1. The molecule has 3 nitrogen and oxygen atoms in total. The van der Waals surface area contributed by atoms with Crippen molar-refractivity contribution in [3.63, 3.8) is 0 Å². The normalized spacial score (nSPS) is 9.77. The topological polar surface area (TPSA) is 46.5 Å². The zero-order valence-corrected chi connectivity index (χ0v) is 7.43. The number of hydrogen-bond donors (Lipinski definition) is 1. The van der Waals surface area contributed by atoms with Crippen LogP contribution in [-0.4, -0.2) is 18.2 Å². The summed E-state index contributed by atoms with van der Waals surface area (Å²) < 4.78 is 17.5. The number of hydrogen-bond acceptors (Lipinski definition) is 2. The van der Waals surface area contributed by atoms with Gasteiger partial charge in [0, 0.05) is 0 Å². The summed E-state index contributed by atoms with van der Waals surface area (Å²) in [6.07, 6.45) is 0. The molecule has 0 aliphatic carbocycles. The van der Waals surface area contributed by atoms with Gasteiger partial charge in [-0.1, -0.05) is 11.6 Å². The van der Waals surface area contributed by atoms with Crippen molar-refractivity contribution in [2.45, 2.75) is 0 Å². The smallest absolute Gasteiger partial charge is 0.341 e. The third kappa shape index (κ3) is 1.72. The molecule has 0 bridgehead atoms. The van der Waals surface area contributed by atoms with Crippen LogP contribution < -0.4 is 4.74 Å². The van der Waals surface area contributed by atoms with Gasteiger partial charge in [-0.3, -0.25) is 0 Å². The lowest BCUT2D eigenvalue weighted by Crippen LogP contribution is -2.03. The summed E-state index contributed by atoms with van der Waals surface area (Å²) in [5, 5.41) is 8.62. The molecule has 1 rings (SSSR count). The number of methoxy groups -OCH3 is 1. The predicted octanol–water partition coefficient (Wildman–Crippen LogP) is 2.19. The molecular weight excluding hydrogens is 199 g/mol. The van der Waals surface area contributed by atoms with E-state index in [1.54, 1.807) is 0 Å². The summed E-state index contributed by atoms with van der Waals surface area (Å²) >= 11 is 5.55. The van der Waals surface area contributed by atoms with Crippen LogP contribution in [-0.2, 0) is 0 Å². The van der Waals surface area contributed by atoms with Gasteiger partial charge in [-0.15, -0.1) is 0 Å². The Morgan fingerprint density at radius 2 is 2.23 bits per heavy atom. The van der Waals surface area contributed by atoms with Crippen LogP contribution in [0.4, 0.5) is 4.39 Å².